The number of aromatic nitrogens is 2. The van der Waals surface area contributed by atoms with E-state index in [1.54, 1.807) is 18.5 Å². The van der Waals surface area contributed by atoms with Gasteiger partial charge in [0.1, 0.15) is 0 Å². The summed E-state index contributed by atoms with van der Waals surface area (Å²) in [5, 5.41) is 31.5. The molecule has 4 N–H and O–H groups in total. The molecule has 0 amide bonds. The van der Waals surface area contributed by atoms with E-state index in [0.717, 1.165) is 0 Å². The highest BCUT2D eigenvalue weighted by atomic mass is 16.3. The van der Waals surface area contributed by atoms with Crippen LogP contribution < -0.4 is 5.43 Å². The quantitative estimate of drug-likeness (QED) is 0.366. The maximum Gasteiger partial charge on any atom is 0.243 e. The number of hydrogen-bond acceptors (Lipinski definition) is 7. The van der Waals surface area contributed by atoms with Crippen molar-refractivity contribution in [3.8, 4) is 17.2 Å². The van der Waals surface area contributed by atoms with Gasteiger partial charge in [-0.05, 0) is 18.2 Å². The number of nitrogens with zero attached hydrogens (tertiary/aromatic N) is 3. The minimum atomic E-state index is -0.563. The van der Waals surface area contributed by atoms with Crippen LogP contribution in [0.4, 0.5) is 5.95 Å². The molecule has 1 aromatic carbocycles. The van der Waals surface area contributed by atoms with Crippen molar-refractivity contribution < 1.29 is 15.3 Å². The maximum atomic E-state index is 9.28. The van der Waals surface area contributed by atoms with Crippen LogP contribution in [0.15, 0.2) is 35.7 Å². The summed E-state index contributed by atoms with van der Waals surface area (Å²) in [5.74, 6) is -1.09. The molecule has 7 nitrogen and oxygen atoms in total. The molecule has 1 heterocycles. The zero-order valence-electron chi connectivity index (χ0n) is 9.15. The number of aromatic hydroxyl groups is 3. The Morgan fingerprint density at radius 2 is 1.67 bits per heavy atom. The fourth-order valence-electron chi connectivity index (χ4n) is 1.22. The molecule has 0 unspecified atom stereocenters. The molecule has 92 valence electrons. The van der Waals surface area contributed by atoms with Crippen LogP contribution in [-0.4, -0.2) is 31.5 Å². The van der Waals surface area contributed by atoms with E-state index < -0.39 is 17.2 Å². The highest BCUT2D eigenvalue weighted by Gasteiger charge is 2.06. The van der Waals surface area contributed by atoms with Crippen LogP contribution in [0.2, 0.25) is 0 Å². The fourth-order valence-corrected chi connectivity index (χ4v) is 1.22. The summed E-state index contributed by atoms with van der Waals surface area (Å²) < 4.78 is 0. The Labute approximate surface area is 102 Å². The fraction of sp³-hybridized carbons (Fsp3) is 0. The third-order valence-corrected chi connectivity index (χ3v) is 2.04. The smallest absolute Gasteiger partial charge is 0.243 e. The second kappa shape index (κ2) is 5.00. The number of anilines is 1. The third-order valence-electron chi connectivity index (χ3n) is 2.04. The van der Waals surface area contributed by atoms with E-state index in [1.165, 1.54) is 18.3 Å². The molecule has 0 atom stereocenters. The number of hydrazone groups is 1. The normalized spacial score (nSPS) is 10.7. The molecular weight excluding hydrogens is 236 g/mol. The predicted molar refractivity (Wildman–Crippen MR) is 64.7 cm³/mol. The lowest BCUT2D eigenvalue weighted by Crippen LogP contribution is -1.95. The second-order valence-corrected chi connectivity index (χ2v) is 3.35. The summed E-state index contributed by atoms with van der Waals surface area (Å²) in [6.07, 6.45) is 4.46. The van der Waals surface area contributed by atoms with Gasteiger partial charge in [0.2, 0.25) is 5.95 Å². The van der Waals surface area contributed by atoms with Crippen LogP contribution in [0.1, 0.15) is 5.56 Å². The molecule has 0 aliphatic carbocycles. The van der Waals surface area contributed by atoms with Crippen molar-refractivity contribution >= 4 is 12.2 Å². The van der Waals surface area contributed by atoms with Crippen LogP contribution in [-0.2, 0) is 0 Å². The monoisotopic (exact) mass is 246 g/mol. The van der Waals surface area contributed by atoms with Gasteiger partial charge in [0.05, 0.1) is 6.21 Å². The molecule has 0 fully saturated rings. The van der Waals surface area contributed by atoms with Gasteiger partial charge in [-0.25, -0.2) is 15.4 Å². The molecular formula is C11H10N4O3. The molecule has 0 saturated heterocycles. The lowest BCUT2D eigenvalue weighted by Gasteiger charge is -2.02. The highest BCUT2D eigenvalue weighted by molar-refractivity contribution is 5.82. The average molecular weight is 246 g/mol. The second-order valence-electron chi connectivity index (χ2n) is 3.35. The molecule has 18 heavy (non-hydrogen) atoms. The summed E-state index contributed by atoms with van der Waals surface area (Å²) in [4.78, 5) is 7.77. The molecule has 0 saturated carbocycles. The van der Waals surface area contributed by atoms with Gasteiger partial charge in [-0.3, -0.25) is 0 Å². The van der Waals surface area contributed by atoms with Gasteiger partial charge in [-0.1, -0.05) is 0 Å². The average Bonchev–Trinajstić information content (AvgIpc) is 2.37. The number of hydrogen-bond donors (Lipinski definition) is 4. The summed E-state index contributed by atoms with van der Waals surface area (Å²) in [6.45, 7) is 0. The molecule has 0 spiro atoms. The van der Waals surface area contributed by atoms with Crippen molar-refractivity contribution in [1.82, 2.24) is 9.97 Å². The van der Waals surface area contributed by atoms with Crippen LogP contribution in [0.25, 0.3) is 0 Å². The van der Waals surface area contributed by atoms with Crippen molar-refractivity contribution in [2.75, 3.05) is 5.43 Å². The van der Waals surface area contributed by atoms with Crippen molar-refractivity contribution in [3.63, 3.8) is 0 Å². The van der Waals surface area contributed by atoms with E-state index in [4.69, 9.17) is 5.11 Å². The molecule has 0 radical (unpaired) electrons. The van der Waals surface area contributed by atoms with Gasteiger partial charge in [-0.15, -0.1) is 0 Å². The maximum absolute atomic E-state index is 9.28. The van der Waals surface area contributed by atoms with E-state index in [2.05, 4.69) is 20.5 Å². The predicted octanol–water partition coefficient (Wildman–Crippen LogP) is 1.04. The Kier molecular flexibility index (Phi) is 3.24. The number of rotatable bonds is 3. The van der Waals surface area contributed by atoms with Crippen molar-refractivity contribution in [1.29, 1.82) is 0 Å². The molecule has 7 heteroatoms. The SMILES string of the molecule is Oc1cc(C=NNc2ncccn2)cc(O)c1O. The lowest BCUT2D eigenvalue weighted by atomic mass is 10.2. The zero-order valence-corrected chi connectivity index (χ0v) is 9.15. The van der Waals surface area contributed by atoms with E-state index in [9.17, 15) is 10.2 Å². The Balaban J connectivity index is 2.10. The number of phenolic OH excluding ortho intramolecular Hbond substituents is 3. The lowest BCUT2D eigenvalue weighted by molar-refractivity contribution is 0.368. The first kappa shape index (κ1) is 11.6. The van der Waals surface area contributed by atoms with Crippen LogP contribution in [0.5, 0.6) is 17.2 Å². The van der Waals surface area contributed by atoms with Gasteiger partial charge in [0.15, 0.2) is 17.2 Å². The summed E-state index contributed by atoms with van der Waals surface area (Å²) in [5.41, 5.74) is 2.98. The summed E-state index contributed by atoms with van der Waals surface area (Å²) >= 11 is 0. The van der Waals surface area contributed by atoms with Crippen molar-refractivity contribution in [2.24, 2.45) is 5.10 Å². The van der Waals surface area contributed by atoms with Crippen LogP contribution in [0.3, 0.4) is 0 Å². The van der Waals surface area contributed by atoms with Crippen LogP contribution in [0, 0.1) is 0 Å². The number of nitrogens with one attached hydrogen (secondary N) is 1. The van der Waals surface area contributed by atoms with Gasteiger partial charge in [0, 0.05) is 18.0 Å². The summed E-state index contributed by atoms with van der Waals surface area (Å²) in [7, 11) is 0. The third kappa shape index (κ3) is 2.64. The summed E-state index contributed by atoms with van der Waals surface area (Å²) in [6, 6.07) is 4.18. The van der Waals surface area contributed by atoms with Crippen LogP contribution >= 0.6 is 0 Å². The topological polar surface area (TPSA) is 111 Å². The van der Waals surface area contributed by atoms with Gasteiger partial charge >= 0.3 is 0 Å². The van der Waals surface area contributed by atoms with E-state index in [1.807, 2.05) is 0 Å². The highest BCUT2D eigenvalue weighted by Crippen LogP contribution is 2.34. The first-order valence-corrected chi connectivity index (χ1v) is 4.98. The molecule has 0 bridgehead atoms. The first-order chi connectivity index (χ1) is 8.66. The van der Waals surface area contributed by atoms with E-state index >= 15 is 0 Å². The Morgan fingerprint density at radius 1 is 1.06 bits per heavy atom. The number of phenols is 3. The molecule has 2 aromatic rings. The Hall–Kier alpha value is -2.83. The van der Waals surface area contributed by atoms with Gasteiger partial charge in [-0.2, -0.15) is 5.10 Å². The largest absolute Gasteiger partial charge is 0.504 e. The standard InChI is InChI=1S/C11H10N4O3/c16-8-4-7(5-9(17)10(8)18)6-14-15-11-12-2-1-3-13-11/h1-6,16-18H,(H,12,13,15). The molecule has 1 aromatic heterocycles. The zero-order chi connectivity index (χ0) is 13.0. The molecule has 0 aliphatic rings. The van der Waals surface area contributed by atoms with Crippen molar-refractivity contribution in [2.45, 2.75) is 0 Å². The Bertz CT molecular complexity index is 549. The minimum absolute atomic E-state index is 0.320. The Morgan fingerprint density at radius 3 is 2.28 bits per heavy atom. The minimum Gasteiger partial charge on any atom is -0.504 e. The first-order valence-electron chi connectivity index (χ1n) is 4.98. The molecule has 0 aliphatic heterocycles. The number of benzene rings is 1. The van der Waals surface area contributed by atoms with E-state index in [0.29, 0.717) is 11.5 Å². The van der Waals surface area contributed by atoms with Gasteiger partial charge in [0.25, 0.3) is 0 Å². The molecule has 2 rings (SSSR count). The van der Waals surface area contributed by atoms with Crippen molar-refractivity contribution in [3.05, 3.63) is 36.2 Å². The van der Waals surface area contributed by atoms with E-state index in [-0.39, 0.29) is 0 Å². The van der Waals surface area contributed by atoms with Gasteiger partial charge < -0.3 is 15.3 Å².